The van der Waals surface area contributed by atoms with Gasteiger partial charge in [-0.15, -0.1) is 0 Å². The fourth-order valence-electron chi connectivity index (χ4n) is 1.58. The van der Waals surface area contributed by atoms with Gasteiger partial charge in [0.25, 0.3) is 5.91 Å². The largest absolute Gasteiger partial charge is 0.443 e. The molecule has 5 heteroatoms. The van der Waals surface area contributed by atoms with Crippen LogP contribution in [0.1, 0.15) is 21.9 Å². The fourth-order valence-corrected chi connectivity index (χ4v) is 1.58. The van der Waals surface area contributed by atoms with Gasteiger partial charge in [-0.2, -0.15) is 0 Å². The van der Waals surface area contributed by atoms with E-state index in [-0.39, 0.29) is 18.2 Å². The summed E-state index contributed by atoms with van der Waals surface area (Å²) >= 11 is 0. The van der Waals surface area contributed by atoms with Gasteiger partial charge < -0.3 is 21.2 Å². The molecule has 0 spiro atoms. The first-order valence-electron chi connectivity index (χ1n) is 6.12. The van der Waals surface area contributed by atoms with Crippen molar-refractivity contribution >= 4 is 11.6 Å². The first-order valence-corrected chi connectivity index (χ1v) is 6.12. The minimum Gasteiger partial charge on any atom is -0.443 e. The van der Waals surface area contributed by atoms with Crippen molar-refractivity contribution in [1.82, 2.24) is 0 Å². The second kappa shape index (κ2) is 6.57. The Labute approximate surface area is 116 Å². The lowest BCUT2D eigenvalue weighted by atomic mass is 10.2. The van der Waals surface area contributed by atoms with Crippen LogP contribution in [0.2, 0.25) is 0 Å². The summed E-state index contributed by atoms with van der Waals surface area (Å²) in [6.45, 7) is 0.714. The molecule has 1 amide bonds. The number of carbonyl (C=O) groups is 1. The predicted molar refractivity (Wildman–Crippen MR) is 76.9 cm³/mol. The Balaban J connectivity index is 2.05. The Morgan fingerprint density at radius 1 is 1.15 bits per heavy atom. The lowest BCUT2D eigenvalue weighted by Gasteiger charge is -2.03. The Morgan fingerprint density at radius 2 is 1.90 bits per heavy atom. The number of anilines is 1. The second-order valence-corrected chi connectivity index (χ2v) is 4.02. The summed E-state index contributed by atoms with van der Waals surface area (Å²) in [5.74, 6) is 5.67. The summed E-state index contributed by atoms with van der Waals surface area (Å²) in [7, 11) is 0. The molecule has 2 aromatic rings. The van der Waals surface area contributed by atoms with E-state index >= 15 is 0 Å². The molecule has 20 heavy (non-hydrogen) atoms. The zero-order valence-electron chi connectivity index (χ0n) is 10.8. The number of benzene rings is 1. The first kappa shape index (κ1) is 13.9. The van der Waals surface area contributed by atoms with Gasteiger partial charge in [0.2, 0.25) is 0 Å². The predicted octanol–water partition coefficient (Wildman–Crippen LogP) is 1.30. The van der Waals surface area contributed by atoms with Crippen LogP contribution in [-0.4, -0.2) is 12.5 Å². The Kier molecular flexibility index (Phi) is 4.56. The number of nitrogens with two attached hydrogens (primary N) is 2. The van der Waals surface area contributed by atoms with Crippen molar-refractivity contribution in [3.8, 4) is 11.8 Å². The van der Waals surface area contributed by atoms with Gasteiger partial charge in [0.05, 0.1) is 6.54 Å². The molecule has 0 aliphatic heterocycles. The smallest absolute Gasteiger partial charge is 0.291 e. The number of furan rings is 1. The molecule has 2 rings (SSSR count). The lowest BCUT2D eigenvalue weighted by Crippen LogP contribution is -2.10. The Morgan fingerprint density at radius 3 is 2.55 bits per heavy atom. The second-order valence-electron chi connectivity index (χ2n) is 4.02. The monoisotopic (exact) mass is 269 g/mol. The van der Waals surface area contributed by atoms with Crippen LogP contribution < -0.4 is 16.8 Å². The first-order chi connectivity index (χ1) is 9.72. The summed E-state index contributed by atoms with van der Waals surface area (Å²) in [6.07, 6.45) is 0. The van der Waals surface area contributed by atoms with Crippen LogP contribution in [0.25, 0.3) is 0 Å². The van der Waals surface area contributed by atoms with Crippen molar-refractivity contribution in [3.05, 3.63) is 53.5 Å². The summed E-state index contributed by atoms with van der Waals surface area (Å²) in [5.41, 5.74) is 12.5. The lowest BCUT2D eigenvalue weighted by molar-refractivity contribution is 0.0996. The highest BCUT2D eigenvalue weighted by atomic mass is 16.3. The standard InChI is InChI=1S/C15H15N3O2/c16-9-1-2-13-7-8-14(20-13)15(19)18-12-5-3-11(10-17)4-6-12/h3-8H,9-10,16-17H2,(H,18,19). The molecule has 0 aliphatic rings. The summed E-state index contributed by atoms with van der Waals surface area (Å²) in [5, 5.41) is 2.73. The normalized spacial score (nSPS) is 9.70. The van der Waals surface area contributed by atoms with Crippen molar-refractivity contribution in [2.24, 2.45) is 11.5 Å². The minimum atomic E-state index is -0.328. The van der Waals surface area contributed by atoms with E-state index in [2.05, 4.69) is 17.2 Å². The van der Waals surface area contributed by atoms with Crippen LogP contribution in [0, 0.1) is 11.8 Å². The molecule has 102 valence electrons. The van der Waals surface area contributed by atoms with Crippen molar-refractivity contribution < 1.29 is 9.21 Å². The number of hydrogen-bond donors (Lipinski definition) is 3. The van der Waals surface area contributed by atoms with Gasteiger partial charge >= 0.3 is 0 Å². The average molecular weight is 269 g/mol. The van der Waals surface area contributed by atoms with Gasteiger partial charge in [-0.25, -0.2) is 0 Å². The Hall–Kier alpha value is -2.55. The molecular weight excluding hydrogens is 254 g/mol. The zero-order chi connectivity index (χ0) is 14.4. The molecule has 0 aliphatic carbocycles. The summed E-state index contributed by atoms with van der Waals surface area (Å²) < 4.78 is 5.30. The zero-order valence-corrected chi connectivity index (χ0v) is 10.8. The van der Waals surface area contributed by atoms with Gasteiger partial charge in [-0.3, -0.25) is 4.79 Å². The Bertz CT molecular complexity index is 648. The maximum absolute atomic E-state index is 12.0. The van der Waals surface area contributed by atoms with Crippen molar-refractivity contribution in [3.63, 3.8) is 0 Å². The number of amides is 1. The van der Waals surface area contributed by atoms with Crippen molar-refractivity contribution in [2.45, 2.75) is 6.54 Å². The number of hydrogen-bond acceptors (Lipinski definition) is 4. The minimum absolute atomic E-state index is 0.203. The molecule has 0 saturated heterocycles. The quantitative estimate of drug-likeness (QED) is 0.732. The van der Waals surface area contributed by atoms with E-state index in [0.717, 1.165) is 5.56 Å². The number of nitrogens with one attached hydrogen (secondary N) is 1. The molecule has 0 unspecified atom stereocenters. The molecule has 5 nitrogen and oxygen atoms in total. The third-order valence-electron chi connectivity index (χ3n) is 2.59. The molecular formula is C15H15N3O2. The van der Waals surface area contributed by atoms with E-state index in [9.17, 15) is 4.79 Å². The maximum Gasteiger partial charge on any atom is 0.291 e. The summed E-state index contributed by atoms with van der Waals surface area (Å²) in [4.78, 5) is 12.0. The molecule has 1 aromatic heterocycles. The fraction of sp³-hybridized carbons (Fsp3) is 0.133. The topological polar surface area (TPSA) is 94.3 Å². The van der Waals surface area contributed by atoms with E-state index in [0.29, 0.717) is 18.0 Å². The van der Waals surface area contributed by atoms with Crippen LogP contribution in [0.3, 0.4) is 0 Å². The number of carbonyl (C=O) groups excluding carboxylic acids is 1. The van der Waals surface area contributed by atoms with Crippen LogP contribution >= 0.6 is 0 Å². The molecule has 0 bridgehead atoms. The average Bonchev–Trinajstić information content (AvgIpc) is 2.95. The highest BCUT2D eigenvalue weighted by Crippen LogP contribution is 2.12. The van der Waals surface area contributed by atoms with Crippen molar-refractivity contribution in [1.29, 1.82) is 0 Å². The van der Waals surface area contributed by atoms with Crippen molar-refractivity contribution in [2.75, 3.05) is 11.9 Å². The van der Waals surface area contributed by atoms with E-state index in [1.54, 1.807) is 24.3 Å². The molecule has 0 atom stereocenters. The SMILES string of the molecule is NCC#Cc1ccc(C(=O)Nc2ccc(CN)cc2)o1. The third-order valence-corrected chi connectivity index (χ3v) is 2.59. The van der Waals surface area contributed by atoms with E-state index in [1.807, 2.05) is 12.1 Å². The molecule has 1 heterocycles. The number of rotatable bonds is 3. The van der Waals surface area contributed by atoms with Gasteiger partial charge in [0.1, 0.15) is 0 Å². The van der Waals surface area contributed by atoms with Gasteiger partial charge in [0.15, 0.2) is 11.5 Å². The van der Waals surface area contributed by atoms with Gasteiger partial charge in [-0.05, 0) is 35.7 Å². The van der Waals surface area contributed by atoms with Crippen LogP contribution in [-0.2, 0) is 6.54 Å². The third kappa shape index (κ3) is 3.48. The summed E-state index contributed by atoms with van der Waals surface area (Å²) in [6, 6.07) is 10.5. The highest BCUT2D eigenvalue weighted by Gasteiger charge is 2.10. The van der Waals surface area contributed by atoms with Gasteiger partial charge in [0, 0.05) is 12.2 Å². The molecule has 0 radical (unpaired) electrons. The molecule has 1 aromatic carbocycles. The van der Waals surface area contributed by atoms with Crippen LogP contribution in [0.15, 0.2) is 40.8 Å². The highest BCUT2D eigenvalue weighted by molar-refractivity contribution is 6.02. The van der Waals surface area contributed by atoms with Crippen LogP contribution in [0.5, 0.6) is 0 Å². The molecule has 5 N–H and O–H groups in total. The maximum atomic E-state index is 12.0. The van der Waals surface area contributed by atoms with E-state index in [4.69, 9.17) is 15.9 Å². The molecule has 0 fully saturated rings. The molecule has 0 saturated carbocycles. The van der Waals surface area contributed by atoms with E-state index in [1.165, 1.54) is 0 Å². The van der Waals surface area contributed by atoms with E-state index < -0.39 is 0 Å². The van der Waals surface area contributed by atoms with Crippen LogP contribution in [0.4, 0.5) is 5.69 Å². The van der Waals surface area contributed by atoms with Gasteiger partial charge in [-0.1, -0.05) is 18.1 Å².